The molecule has 2 aromatic rings. The number of rotatable bonds is 3. The van der Waals surface area contributed by atoms with Gasteiger partial charge in [0.25, 0.3) is 0 Å². The first-order valence-corrected chi connectivity index (χ1v) is 6.16. The Morgan fingerprint density at radius 3 is 2.35 bits per heavy atom. The molecule has 0 saturated carbocycles. The molecule has 1 aromatic heterocycles. The zero-order valence-corrected chi connectivity index (χ0v) is 11.7. The molecule has 108 valence electrons. The highest BCUT2D eigenvalue weighted by Crippen LogP contribution is 2.29. The Hall–Kier alpha value is -1.61. The number of hydrogen-bond acceptors (Lipinski definition) is 4. The van der Waals surface area contributed by atoms with Crippen molar-refractivity contribution in [1.82, 2.24) is 15.0 Å². The van der Waals surface area contributed by atoms with Gasteiger partial charge in [0.1, 0.15) is 17.5 Å². The van der Waals surface area contributed by atoms with E-state index in [1.165, 1.54) is 16.8 Å². The summed E-state index contributed by atoms with van der Waals surface area (Å²) in [7, 11) is 1.59. The summed E-state index contributed by atoms with van der Waals surface area (Å²) in [6.45, 7) is 0. The van der Waals surface area contributed by atoms with Gasteiger partial charge in [-0.25, -0.2) is 4.68 Å². The van der Waals surface area contributed by atoms with Crippen molar-refractivity contribution in [1.29, 1.82) is 0 Å². The molecule has 2 rings (SSSR count). The van der Waals surface area contributed by atoms with E-state index in [1.807, 2.05) is 0 Å². The van der Waals surface area contributed by atoms with E-state index in [4.69, 9.17) is 0 Å². The van der Waals surface area contributed by atoms with E-state index in [2.05, 4.69) is 31.0 Å². The second-order valence-electron chi connectivity index (χ2n) is 3.91. The van der Waals surface area contributed by atoms with Crippen molar-refractivity contribution in [2.75, 3.05) is 0 Å². The van der Waals surface area contributed by atoms with E-state index < -0.39 is 12.5 Å². The molecular formula is C11H9BrF3N3O2. The van der Waals surface area contributed by atoms with Crippen LogP contribution in [0.15, 0.2) is 28.9 Å². The molecule has 9 heteroatoms. The number of aliphatic hydroxyl groups is 1. The minimum absolute atomic E-state index is 0.351. The van der Waals surface area contributed by atoms with Crippen molar-refractivity contribution >= 4 is 15.9 Å². The fourth-order valence-electron chi connectivity index (χ4n) is 1.64. The Kier molecular flexibility index (Phi) is 4.00. The summed E-state index contributed by atoms with van der Waals surface area (Å²) in [6.07, 6.45) is -5.81. The Balaban J connectivity index is 2.22. The molecule has 0 aliphatic carbocycles. The minimum Gasteiger partial charge on any atom is -0.406 e. The summed E-state index contributed by atoms with van der Waals surface area (Å²) in [5, 5.41) is 17.6. The quantitative estimate of drug-likeness (QED) is 0.923. The number of hydrogen-bond donors (Lipinski definition) is 1. The number of halogens is 4. The summed E-state index contributed by atoms with van der Waals surface area (Å²) in [5.74, 6) is -0.351. The van der Waals surface area contributed by atoms with Crippen molar-refractivity contribution in [3.05, 3.63) is 40.1 Å². The van der Waals surface area contributed by atoms with Crippen LogP contribution in [0.3, 0.4) is 0 Å². The zero-order chi connectivity index (χ0) is 14.9. The van der Waals surface area contributed by atoms with Gasteiger partial charge in [0.15, 0.2) is 4.60 Å². The fourth-order valence-corrected chi connectivity index (χ4v) is 2.18. The van der Waals surface area contributed by atoms with Gasteiger partial charge in [0.2, 0.25) is 0 Å². The molecule has 1 heterocycles. The molecule has 0 fully saturated rings. The third kappa shape index (κ3) is 3.28. The van der Waals surface area contributed by atoms with Gasteiger partial charge in [-0.1, -0.05) is 17.3 Å². The molecule has 1 aromatic carbocycles. The molecule has 1 N–H and O–H groups in total. The van der Waals surface area contributed by atoms with Gasteiger partial charge in [-0.15, -0.1) is 18.3 Å². The van der Waals surface area contributed by atoms with Gasteiger partial charge in [0.05, 0.1) is 0 Å². The number of ether oxygens (including phenoxy) is 1. The lowest BCUT2D eigenvalue weighted by molar-refractivity contribution is -0.274. The first-order valence-electron chi connectivity index (χ1n) is 5.37. The summed E-state index contributed by atoms with van der Waals surface area (Å²) in [6, 6.07) is 4.93. The average molecular weight is 352 g/mol. The number of aromatic nitrogens is 3. The van der Waals surface area contributed by atoms with Crippen LogP contribution in [-0.4, -0.2) is 26.5 Å². The van der Waals surface area contributed by atoms with Crippen molar-refractivity contribution in [3.63, 3.8) is 0 Å². The second kappa shape index (κ2) is 5.41. The van der Waals surface area contributed by atoms with Gasteiger partial charge < -0.3 is 9.84 Å². The van der Waals surface area contributed by atoms with E-state index in [9.17, 15) is 18.3 Å². The van der Waals surface area contributed by atoms with Crippen molar-refractivity contribution in [2.45, 2.75) is 12.5 Å². The number of aliphatic hydroxyl groups excluding tert-OH is 1. The Morgan fingerprint density at radius 1 is 1.30 bits per heavy atom. The standard InChI is InChI=1S/C11H9BrF3N3O2/c1-18-8(10(12)16-17-18)9(19)6-2-4-7(5-3-6)20-11(13,14)15/h2-5,9,19H,1H3. The first-order chi connectivity index (χ1) is 9.28. The Bertz CT molecular complexity index is 578. The topological polar surface area (TPSA) is 60.2 Å². The lowest BCUT2D eigenvalue weighted by Crippen LogP contribution is -2.17. The summed E-state index contributed by atoms with van der Waals surface area (Å²) < 4.78 is 41.6. The van der Waals surface area contributed by atoms with Crippen LogP contribution in [0.2, 0.25) is 0 Å². The van der Waals surface area contributed by atoms with Gasteiger partial charge in [0, 0.05) is 7.05 Å². The summed E-state index contributed by atoms with van der Waals surface area (Å²) in [4.78, 5) is 0. The van der Waals surface area contributed by atoms with Crippen LogP contribution in [0.25, 0.3) is 0 Å². The molecule has 0 amide bonds. The first kappa shape index (κ1) is 14.8. The number of alkyl halides is 3. The third-order valence-corrected chi connectivity index (χ3v) is 3.08. The highest BCUT2D eigenvalue weighted by Gasteiger charge is 2.31. The molecule has 0 spiro atoms. The molecule has 5 nitrogen and oxygen atoms in total. The lowest BCUT2D eigenvalue weighted by Gasteiger charge is -2.13. The molecule has 0 saturated heterocycles. The fraction of sp³-hybridized carbons (Fsp3) is 0.273. The SMILES string of the molecule is Cn1nnc(Br)c1C(O)c1ccc(OC(F)(F)F)cc1. The third-order valence-electron chi connectivity index (χ3n) is 2.52. The predicted octanol–water partition coefficient (Wildman–Crippen LogP) is 2.56. The molecule has 0 aliphatic rings. The normalized spacial score (nSPS) is 13.3. The maximum atomic E-state index is 12.0. The summed E-state index contributed by atoms with van der Waals surface area (Å²) >= 11 is 3.14. The predicted molar refractivity (Wildman–Crippen MR) is 65.9 cm³/mol. The minimum atomic E-state index is -4.74. The maximum absolute atomic E-state index is 12.0. The number of aryl methyl sites for hydroxylation is 1. The van der Waals surface area contributed by atoms with Crippen LogP contribution in [0.4, 0.5) is 13.2 Å². The average Bonchev–Trinajstić information content (AvgIpc) is 2.67. The van der Waals surface area contributed by atoms with Crippen LogP contribution in [0.5, 0.6) is 5.75 Å². The van der Waals surface area contributed by atoms with Gasteiger partial charge in [-0.3, -0.25) is 0 Å². The van der Waals surface area contributed by atoms with E-state index in [0.29, 0.717) is 15.9 Å². The maximum Gasteiger partial charge on any atom is 0.573 e. The highest BCUT2D eigenvalue weighted by molar-refractivity contribution is 9.10. The van der Waals surface area contributed by atoms with Crippen LogP contribution >= 0.6 is 15.9 Å². The molecule has 20 heavy (non-hydrogen) atoms. The molecule has 1 unspecified atom stereocenters. The van der Waals surface area contributed by atoms with Crippen molar-refractivity contribution < 1.29 is 23.0 Å². The second-order valence-corrected chi connectivity index (χ2v) is 4.66. The van der Waals surface area contributed by atoms with Crippen LogP contribution in [0.1, 0.15) is 17.4 Å². The van der Waals surface area contributed by atoms with Gasteiger partial charge in [-0.2, -0.15) is 0 Å². The molecule has 0 radical (unpaired) electrons. The van der Waals surface area contributed by atoms with Crippen LogP contribution in [-0.2, 0) is 7.05 Å². The van der Waals surface area contributed by atoms with E-state index in [1.54, 1.807) is 7.05 Å². The van der Waals surface area contributed by atoms with Crippen LogP contribution in [0, 0.1) is 0 Å². The molecule has 0 aliphatic heterocycles. The summed E-state index contributed by atoms with van der Waals surface area (Å²) in [5.41, 5.74) is 0.792. The lowest BCUT2D eigenvalue weighted by atomic mass is 10.1. The highest BCUT2D eigenvalue weighted by atomic mass is 79.9. The van der Waals surface area contributed by atoms with E-state index in [-0.39, 0.29) is 5.75 Å². The van der Waals surface area contributed by atoms with Crippen LogP contribution < -0.4 is 4.74 Å². The van der Waals surface area contributed by atoms with Gasteiger partial charge >= 0.3 is 6.36 Å². The molecular weight excluding hydrogens is 343 g/mol. The van der Waals surface area contributed by atoms with Crippen molar-refractivity contribution in [3.8, 4) is 5.75 Å². The van der Waals surface area contributed by atoms with E-state index >= 15 is 0 Å². The van der Waals surface area contributed by atoms with Gasteiger partial charge in [-0.05, 0) is 33.6 Å². The largest absolute Gasteiger partial charge is 0.573 e. The Labute approximate surface area is 120 Å². The zero-order valence-electron chi connectivity index (χ0n) is 10.1. The molecule has 1 atom stereocenters. The Morgan fingerprint density at radius 2 is 1.90 bits per heavy atom. The number of nitrogens with zero attached hydrogens (tertiary/aromatic N) is 3. The van der Waals surface area contributed by atoms with Crippen molar-refractivity contribution in [2.24, 2.45) is 7.05 Å². The molecule has 0 bridgehead atoms. The smallest absolute Gasteiger partial charge is 0.406 e. The number of benzene rings is 1. The monoisotopic (exact) mass is 351 g/mol. The van der Waals surface area contributed by atoms with E-state index in [0.717, 1.165) is 12.1 Å².